The van der Waals surface area contributed by atoms with Gasteiger partial charge in [-0.05, 0) is 69.1 Å². The Balaban J connectivity index is 1.75. The molecule has 1 atom stereocenters. The van der Waals surface area contributed by atoms with E-state index in [0.29, 0.717) is 27.3 Å². The van der Waals surface area contributed by atoms with Gasteiger partial charge in [-0.2, -0.15) is 5.26 Å². The van der Waals surface area contributed by atoms with Crippen molar-refractivity contribution in [3.05, 3.63) is 67.8 Å². The summed E-state index contributed by atoms with van der Waals surface area (Å²) in [6.45, 7) is 10.2. The van der Waals surface area contributed by atoms with Crippen LogP contribution in [-0.4, -0.2) is 38.8 Å². The van der Waals surface area contributed by atoms with E-state index in [4.69, 9.17) is 12.2 Å². The summed E-state index contributed by atoms with van der Waals surface area (Å²) >= 11 is 6.88. The zero-order valence-electron chi connectivity index (χ0n) is 23.4. The van der Waals surface area contributed by atoms with E-state index in [1.165, 1.54) is 17.3 Å². The fourth-order valence-corrected chi connectivity index (χ4v) is 6.92. The Morgan fingerprint density at radius 1 is 1.18 bits per heavy atom. The summed E-state index contributed by atoms with van der Waals surface area (Å²) in [4.78, 5) is 31.5. The van der Waals surface area contributed by atoms with Gasteiger partial charge in [0.05, 0.1) is 4.91 Å². The molecule has 0 spiro atoms. The smallest absolute Gasteiger partial charge is 0.270 e. The summed E-state index contributed by atoms with van der Waals surface area (Å²) in [5.74, 6) is 1.31. The first-order chi connectivity index (χ1) is 18.8. The van der Waals surface area contributed by atoms with Gasteiger partial charge in [-0.15, -0.1) is 0 Å². The highest BCUT2D eigenvalue weighted by molar-refractivity contribution is 8.26. The molecule has 8 heteroatoms. The third-order valence-electron chi connectivity index (χ3n) is 7.99. The first kappa shape index (κ1) is 29.1. The average molecular weight is 563 g/mol. The van der Waals surface area contributed by atoms with E-state index in [1.807, 2.05) is 32.9 Å². The minimum atomic E-state index is -0.242. The maximum absolute atomic E-state index is 13.6. The van der Waals surface area contributed by atoms with Crippen molar-refractivity contribution < 1.29 is 4.79 Å². The Bertz CT molecular complexity index is 1350. The minimum Gasteiger partial charge on any atom is -0.357 e. The number of hydrogen-bond acceptors (Lipinski definition) is 6. The van der Waals surface area contributed by atoms with Crippen molar-refractivity contribution in [2.75, 3.05) is 18.0 Å². The number of thiocarbonyl (C=S) groups is 1. The number of amides is 1. The normalized spacial score (nSPS) is 18.2. The molecule has 4 rings (SSSR count). The number of pyridine rings is 1. The van der Waals surface area contributed by atoms with Crippen molar-refractivity contribution in [1.29, 1.82) is 5.26 Å². The van der Waals surface area contributed by atoms with Crippen LogP contribution >= 0.6 is 24.0 Å². The van der Waals surface area contributed by atoms with E-state index in [9.17, 15) is 14.9 Å². The monoisotopic (exact) mass is 562 g/mol. The number of unbranched alkanes of at least 4 members (excludes halogenated alkanes) is 1. The van der Waals surface area contributed by atoms with Crippen LogP contribution in [-0.2, 0) is 17.8 Å². The van der Waals surface area contributed by atoms with Gasteiger partial charge in [0.2, 0.25) is 0 Å². The topological polar surface area (TPSA) is 69.3 Å². The quantitative estimate of drug-likeness (QED) is 0.264. The van der Waals surface area contributed by atoms with Gasteiger partial charge in [-0.1, -0.05) is 74.6 Å². The van der Waals surface area contributed by atoms with Gasteiger partial charge in [0, 0.05) is 31.2 Å². The van der Waals surface area contributed by atoms with Gasteiger partial charge in [-0.3, -0.25) is 19.1 Å². The summed E-state index contributed by atoms with van der Waals surface area (Å²) in [5.41, 5.74) is 2.68. The molecule has 1 aromatic carbocycles. The number of anilines is 1. The van der Waals surface area contributed by atoms with E-state index in [2.05, 4.69) is 42.2 Å². The van der Waals surface area contributed by atoms with E-state index in [0.717, 1.165) is 63.0 Å². The number of thioether (sulfide) groups is 1. The molecule has 0 N–H and O–H groups in total. The number of nitrogens with zero attached hydrogens (tertiary/aromatic N) is 4. The highest BCUT2D eigenvalue weighted by Gasteiger charge is 2.36. The van der Waals surface area contributed by atoms with Gasteiger partial charge in [0.15, 0.2) is 0 Å². The van der Waals surface area contributed by atoms with Crippen LogP contribution in [0, 0.1) is 24.2 Å². The average Bonchev–Trinajstić information content (AvgIpc) is 3.22. The summed E-state index contributed by atoms with van der Waals surface area (Å²) in [6.07, 6.45) is 7.55. The first-order valence-electron chi connectivity index (χ1n) is 14.0. The summed E-state index contributed by atoms with van der Waals surface area (Å²) in [6, 6.07) is 12.8. The Hall–Kier alpha value is -2.89. The van der Waals surface area contributed by atoms with Crippen LogP contribution in [0.2, 0.25) is 0 Å². The Labute approximate surface area is 241 Å². The number of piperidine rings is 1. The van der Waals surface area contributed by atoms with Gasteiger partial charge in [-0.25, -0.2) is 0 Å². The van der Waals surface area contributed by atoms with Crippen molar-refractivity contribution in [2.24, 2.45) is 5.92 Å². The third kappa shape index (κ3) is 6.15. The maximum Gasteiger partial charge on any atom is 0.270 e. The number of carbonyl (C=O) groups is 1. The molecule has 206 valence electrons. The second-order valence-corrected chi connectivity index (χ2v) is 12.3. The van der Waals surface area contributed by atoms with Gasteiger partial charge < -0.3 is 4.90 Å². The van der Waals surface area contributed by atoms with E-state index in [-0.39, 0.29) is 23.1 Å². The number of rotatable bonds is 9. The predicted molar refractivity (Wildman–Crippen MR) is 165 cm³/mol. The number of benzene rings is 1. The summed E-state index contributed by atoms with van der Waals surface area (Å²) in [7, 11) is 0. The molecule has 0 radical (unpaired) electrons. The highest BCUT2D eigenvalue weighted by Crippen LogP contribution is 2.38. The highest BCUT2D eigenvalue weighted by atomic mass is 32.2. The number of aromatic nitrogens is 1. The van der Waals surface area contributed by atoms with E-state index >= 15 is 0 Å². The Morgan fingerprint density at radius 3 is 2.49 bits per heavy atom. The molecule has 1 aromatic heterocycles. The number of carbonyl (C=O) groups excluding carboxylic acids is 1. The second kappa shape index (κ2) is 13.0. The third-order valence-corrected chi connectivity index (χ3v) is 9.32. The number of hydrogen-bond donors (Lipinski definition) is 0. The fourth-order valence-electron chi connectivity index (χ4n) is 5.48. The molecular weight excluding hydrogens is 525 g/mol. The van der Waals surface area contributed by atoms with Crippen LogP contribution in [0.15, 0.2) is 40.0 Å². The molecule has 2 aliphatic heterocycles. The van der Waals surface area contributed by atoms with Crippen molar-refractivity contribution in [2.45, 2.75) is 78.8 Å². The van der Waals surface area contributed by atoms with E-state index < -0.39 is 0 Å². The lowest BCUT2D eigenvalue weighted by molar-refractivity contribution is -0.123. The largest absolute Gasteiger partial charge is 0.357 e. The van der Waals surface area contributed by atoms with Crippen LogP contribution in [0.25, 0.3) is 6.08 Å². The standard InChI is InChI=1S/C31H38N4O2S2/c1-5-7-15-34-28(33-16-13-24(14-17-33)18-23-11-9-8-10-12-23)25(22(4)26(20-32)29(34)36)19-27-30(37)35(21(3)6-2)31(38)39-27/h8-12,19,21,24H,5-7,13-18H2,1-4H3. The lowest BCUT2D eigenvalue weighted by Gasteiger charge is -2.36. The number of nitriles is 1. The van der Waals surface area contributed by atoms with Crippen LogP contribution in [0.1, 0.15) is 75.1 Å². The molecule has 0 bridgehead atoms. The van der Waals surface area contributed by atoms with Gasteiger partial charge in [0.25, 0.3) is 11.5 Å². The Morgan fingerprint density at radius 2 is 1.87 bits per heavy atom. The van der Waals surface area contributed by atoms with Crippen molar-refractivity contribution in [3.63, 3.8) is 0 Å². The van der Waals surface area contributed by atoms with Crippen molar-refractivity contribution in [1.82, 2.24) is 9.47 Å². The summed E-state index contributed by atoms with van der Waals surface area (Å²) in [5, 5.41) is 9.95. The minimum absolute atomic E-state index is 0.0146. The second-order valence-electron chi connectivity index (χ2n) is 10.6. The molecule has 0 saturated carbocycles. The maximum atomic E-state index is 13.6. The fraction of sp³-hybridized carbons (Fsp3) is 0.484. The molecule has 2 aliphatic rings. The SMILES string of the molecule is CCCCn1c(N2CCC(Cc3ccccc3)CC2)c(C=C2SC(=S)N(C(C)CC)C2=O)c(C)c(C#N)c1=O. The Kier molecular flexibility index (Phi) is 9.68. The molecule has 39 heavy (non-hydrogen) atoms. The molecule has 2 saturated heterocycles. The van der Waals surface area contributed by atoms with Crippen molar-refractivity contribution in [3.8, 4) is 6.07 Å². The van der Waals surface area contributed by atoms with Gasteiger partial charge >= 0.3 is 0 Å². The molecule has 2 fully saturated rings. The van der Waals surface area contributed by atoms with E-state index in [1.54, 1.807) is 9.47 Å². The lowest BCUT2D eigenvalue weighted by atomic mass is 9.90. The molecular formula is C31H38N4O2S2. The zero-order chi connectivity index (χ0) is 28.1. The van der Waals surface area contributed by atoms with Gasteiger partial charge in [0.1, 0.15) is 21.8 Å². The molecule has 0 aliphatic carbocycles. The van der Waals surface area contributed by atoms with Crippen LogP contribution in [0.5, 0.6) is 0 Å². The van der Waals surface area contributed by atoms with Crippen molar-refractivity contribution >= 4 is 46.1 Å². The first-order valence-corrected chi connectivity index (χ1v) is 15.3. The van der Waals surface area contributed by atoms with Crippen LogP contribution in [0.4, 0.5) is 5.82 Å². The van der Waals surface area contributed by atoms with Crippen LogP contribution in [0.3, 0.4) is 0 Å². The summed E-state index contributed by atoms with van der Waals surface area (Å²) < 4.78 is 2.34. The molecule has 1 amide bonds. The molecule has 3 heterocycles. The molecule has 6 nitrogen and oxygen atoms in total. The molecule has 1 unspecified atom stereocenters. The predicted octanol–water partition coefficient (Wildman–Crippen LogP) is 6.29. The lowest BCUT2D eigenvalue weighted by Crippen LogP contribution is -2.40. The van der Waals surface area contributed by atoms with Crippen LogP contribution < -0.4 is 10.5 Å². The molecule has 2 aromatic rings. The zero-order valence-corrected chi connectivity index (χ0v) is 25.0.